The van der Waals surface area contributed by atoms with Crippen molar-refractivity contribution in [2.75, 3.05) is 6.61 Å². The first-order chi connectivity index (χ1) is 19.7. The molecule has 210 valence electrons. The smallest absolute Gasteiger partial charge is 0.338 e. The van der Waals surface area contributed by atoms with Crippen molar-refractivity contribution in [3.05, 3.63) is 119 Å². The molecular formula is C30H28N4O6S. The lowest BCUT2D eigenvalue weighted by Crippen LogP contribution is -2.40. The van der Waals surface area contributed by atoms with Crippen molar-refractivity contribution in [2.24, 2.45) is 4.99 Å². The third kappa shape index (κ3) is 5.48. The van der Waals surface area contributed by atoms with Crippen LogP contribution in [0, 0.1) is 10.1 Å². The molecule has 0 aliphatic carbocycles. The van der Waals surface area contributed by atoms with Crippen LogP contribution in [-0.2, 0) is 9.53 Å². The summed E-state index contributed by atoms with van der Waals surface area (Å²) in [5.74, 6) is 0.157. The number of hydrogen-bond donors (Lipinski definition) is 0. The minimum Gasteiger partial charge on any atom is -0.494 e. The van der Waals surface area contributed by atoms with Crippen molar-refractivity contribution in [1.29, 1.82) is 0 Å². The molecule has 0 saturated heterocycles. The van der Waals surface area contributed by atoms with Crippen molar-refractivity contribution < 1.29 is 19.2 Å². The van der Waals surface area contributed by atoms with Gasteiger partial charge in [0.2, 0.25) is 0 Å². The molecule has 0 saturated carbocycles. The topological polar surface area (TPSA) is 118 Å². The Morgan fingerprint density at radius 2 is 1.85 bits per heavy atom. The molecule has 41 heavy (non-hydrogen) atoms. The Morgan fingerprint density at radius 3 is 2.49 bits per heavy atom. The molecule has 3 heterocycles. The van der Waals surface area contributed by atoms with E-state index in [0.29, 0.717) is 44.3 Å². The van der Waals surface area contributed by atoms with Gasteiger partial charge >= 0.3 is 5.97 Å². The van der Waals surface area contributed by atoms with Crippen LogP contribution >= 0.6 is 11.3 Å². The highest BCUT2D eigenvalue weighted by Gasteiger charge is 2.33. The van der Waals surface area contributed by atoms with Crippen molar-refractivity contribution in [2.45, 2.75) is 39.8 Å². The maximum Gasteiger partial charge on any atom is 0.338 e. The summed E-state index contributed by atoms with van der Waals surface area (Å²) in [6, 6.07) is 16.4. The minimum atomic E-state index is -0.739. The number of nitrogens with zero attached hydrogens (tertiary/aromatic N) is 4. The number of carbonyl (C=O) groups excluding carboxylic acids is 1. The van der Waals surface area contributed by atoms with E-state index in [1.165, 1.54) is 28.0 Å². The highest BCUT2D eigenvalue weighted by Crippen LogP contribution is 2.32. The van der Waals surface area contributed by atoms with E-state index >= 15 is 0 Å². The SMILES string of the molecule is CCOc1ccc([C@@H]2C(C(=O)OC(C)C)=C(C)N=c3s/c(=C/c4cccn4-c4ccc([N+](=O)[O-])cc4)c(=O)n32)cc1. The van der Waals surface area contributed by atoms with E-state index in [1.807, 2.05) is 54.1 Å². The van der Waals surface area contributed by atoms with E-state index in [-0.39, 0.29) is 17.4 Å². The molecular weight excluding hydrogens is 544 g/mol. The number of fused-ring (bicyclic) bond motifs is 1. The van der Waals surface area contributed by atoms with Crippen molar-refractivity contribution in [3.8, 4) is 11.4 Å². The van der Waals surface area contributed by atoms with Gasteiger partial charge in [-0.05, 0) is 75.7 Å². The summed E-state index contributed by atoms with van der Waals surface area (Å²) >= 11 is 1.23. The Morgan fingerprint density at radius 1 is 1.15 bits per heavy atom. The fourth-order valence-electron chi connectivity index (χ4n) is 4.70. The average Bonchev–Trinajstić information content (AvgIpc) is 3.52. The van der Waals surface area contributed by atoms with Crippen LogP contribution in [0.2, 0.25) is 0 Å². The van der Waals surface area contributed by atoms with Crippen molar-refractivity contribution in [3.63, 3.8) is 0 Å². The Kier molecular flexibility index (Phi) is 7.71. The van der Waals surface area contributed by atoms with E-state index in [1.54, 1.807) is 39.0 Å². The molecule has 10 nitrogen and oxygen atoms in total. The molecule has 1 atom stereocenters. The summed E-state index contributed by atoms with van der Waals surface area (Å²) in [6.07, 6.45) is 3.23. The molecule has 1 aliphatic heterocycles. The van der Waals surface area contributed by atoms with Crippen molar-refractivity contribution in [1.82, 2.24) is 9.13 Å². The first kappa shape index (κ1) is 27.8. The van der Waals surface area contributed by atoms with Gasteiger partial charge in [-0.1, -0.05) is 23.5 Å². The quantitative estimate of drug-likeness (QED) is 0.177. The van der Waals surface area contributed by atoms with Gasteiger partial charge in [0.15, 0.2) is 4.80 Å². The standard InChI is InChI=1S/C30H28N4O6S/c1-5-39-24-14-8-20(9-15-24)27-26(29(36)40-18(2)3)19(4)31-30-33(27)28(35)25(41-30)17-23-7-6-16-32(23)21-10-12-22(13-11-21)34(37)38/h6-18,27H,5H2,1-4H3/b25-17+/t27-/m1/s1. The zero-order valence-electron chi connectivity index (χ0n) is 22.9. The number of ether oxygens (including phenoxy) is 2. The number of rotatable bonds is 8. The Balaban J connectivity index is 1.64. The van der Waals surface area contributed by atoms with Crippen molar-refractivity contribution >= 4 is 29.1 Å². The summed E-state index contributed by atoms with van der Waals surface area (Å²) in [5.41, 5.74) is 2.62. The summed E-state index contributed by atoms with van der Waals surface area (Å²) < 4.78 is 14.9. The molecule has 0 fully saturated rings. The van der Waals surface area contributed by atoms with Crippen LogP contribution in [0.15, 0.2) is 87.9 Å². The lowest BCUT2D eigenvalue weighted by atomic mass is 9.96. The number of aromatic nitrogens is 2. The van der Waals surface area contributed by atoms with Gasteiger partial charge in [0.1, 0.15) is 5.75 Å². The molecule has 0 N–H and O–H groups in total. The first-order valence-corrected chi connectivity index (χ1v) is 13.9. The van der Waals surface area contributed by atoms with E-state index in [2.05, 4.69) is 4.99 Å². The molecule has 5 rings (SSSR count). The minimum absolute atomic E-state index is 0.00720. The molecule has 0 unspecified atom stereocenters. The van der Waals surface area contributed by atoms with Gasteiger partial charge < -0.3 is 14.0 Å². The van der Waals surface area contributed by atoms with Gasteiger partial charge in [-0.3, -0.25) is 19.5 Å². The van der Waals surface area contributed by atoms with Crippen LogP contribution in [0.3, 0.4) is 0 Å². The van der Waals surface area contributed by atoms with Crippen LogP contribution < -0.4 is 19.6 Å². The Bertz CT molecular complexity index is 1830. The highest BCUT2D eigenvalue weighted by atomic mass is 32.1. The molecule has 0 bridgehead atoms. The third-order valence-corrected chi connectivity index (χ3v) is 7.47. The number of hydrogen-bond acceptors (Lipinski definition) is 8. The average molecular weight is 573 g/mol. The predicted octanol–water partition coefficient (Wildman–Crippen LogP) is 4.28. The summed E-state index contributed by atoms with van der Waals surface area (Å²) in [4.78, 5) is 43.0. The van der Waals surface area contributed by atoms with Gasteiger partial charge in [0.05, 0.1) is 39.5 Å². The molecule has 11 heteroatoms. The van der Waals surface area contributed by atoms with E-state index in [0.717, 1.165) is 5.56 Å². The van der Waals surface area contributed by atoms with Crippen LogP contribution in [0.4, 0.5) is 5.69 Å². The number of nitro benzene ring substituents is 1. The number of carbonyl (C=O) groups is 1. The van der Waals surface area contributed by atoms with Gasteiger partial charge in [-0.15, -0.1) is 0 Å². The first-order valence-electron chi connectivity index (χ1n) is 13.1. The number of allylic oxidation sites excluding steroid dienone is 1. The molecule has 4 aromatic rings. The van der Waals surface area contributed by atoms with Crippen LogP contribution in [0.1, 0.15) is 45.0 Å². The number of nitro groups is 1. The summed E-state index contributed by atoms with van der Waals surface area (Å²) in [5, 5.41) is 11.1. The third-order valence-electron chi connectivity index (χ3n) is 6.49. The number of esters is 1. The second-order valence-corrected chi connectivity index (χ2v) is 10.6. The molecule has 0 radical (unpaired) electrons. The predicted molar refractivity (Wildman–Crippen MR) is 155 cm³/mol. The molecule has 0 amide bonds. The number of thiazole rings is 1. The molecule has 0 spiro atoms. The van der Waals surface area contributed by atoms with E-state index in [4.69, 9.17) is 9.47 Å². The number of benzene rings is 2. The van der Waals surface area contributed by atoms with Crippen LogP contribution in [-0.4, -0.2) is 32.7 Å². The normalized spacial score (nSPS) is 15.0. The fraction of sp³-hybridized carbons (Fsp3) is 0.233. The monoisotopic (exact) mass is 572 g/mol. The fourth-order valence-corrected chi connectivity index (χ4v) is 5.74. The Labute approximate surface area is 239 Å². The molecule has 2 aromatic heterocycles. The van der Waals surface area contributed by atoms with Gasteiger partial charge in [-0.25, -0.2) is 9.79 Å². The lowest BCUT2D eigenvalue weighted by Gasteiger charge is -2.25. The Hall–Kier alpha value is -4.77. The van der Waals surface area contributed by atoms with Crippen LogP contribution in [0.25, 0.3) is 11.8 Å². The zero-order valence-corrected chi connectivity index (χ0v) is 23.8. The van der Waals surface area contributed by atoms with Gasteiger partial charge in [0.25, 0.3) is 11.2 Å². The zero-order chi connectivity index (χ0) is 29.3. The van der Waals surface area contributed by atoms with Gasteiger partial charge in [-0.2, -0.15) is 0 Å². The maximum atomic E-state index is 14.0. The maximum absolute atomic E-state index is 14.0. The van der Waals surface area contributed by atoms with E-state index in [9.17, 15) is 19.7 Å². The largest absolute Gasteiger partial charge is 0.494 e. The lowest BCUT2D eigenvalue weighted by molar-refractivity contribution is -0.384. The summed E-state index contributed by atoms with van der Waals surface area (Å²) in [6.45, 7) is 7.71. The highest BCUT2D eigenvalue weighted by molar-refractivity contribution is 7.07. The molecule has 1 aliphatic rings. The second kappa shape index (κ2) is 11.4. The van der Waals surface area contributed by atoms with E-state index < -0.39 is 16.9 Å². The van der Waals surface area contributed by atoms with Gasteiger partial charge in [0, 0.05) is 29.7 Å². The summed E-state index contributed by atoms with van der Waals surface area (Å²) in [7, 11) is 0. The molecule has 2 aromatic carbocycles. The second-order valence-electron chi connectivity index (χ2n) is 9.61. The van der Waals surface area contributed by atoms with Crippen LogP contribution in [0.5, 0.6) is 5.75 Å². The number of non-ortho nitro benzene ring substituents is 1.